The van der Waals surface area contributed by atoms with E-state index >= 15 is 0 Å². The first kappa shape index (κ1) is 12.9. The fourth-order valence-corrected chi connectivity index (χ4v) is 4.01. The predicted molar refractivity (Wildman–Crippen MR) is 75.5 cm³/mol. The zero-order valence-corrected chi connectivity index (χ0v) is 12.0. The van der Waals surface area contributed by atoms with Gasteiger partial charge in [0.2, 0.25) is 0 Å². The highest BCUT2D eigenvalue weighted by Gasteiger charge is 2.41. The van der Waals surface area contributed by atoms with Crippen LogP contribution in [-0.4, -0.2) is 53.6 Å². The van der Waals surface area contributed by atoms with E-state index in [1.807, 2.05) is 0 Å². The van der Waals surface area contributed by atoms with Gasteiger partial charge in [0.25, 0.3) is 0 Å². The standard InChI is InChI=1S/C15H29N3/c1-11-8-15(10-18(11)14-5-6-14)17-7-3-4-13(9-17)12(2)16/h11-15H,3-10,16H2,1-2H3. The average Bonchev–Trinajstić information content (AvgIpc) is 3.13. The fraction of sp³-hybridized carbons (Fsp3) is 1.00. The molecule has 2 N–H and O–H groups in total. The number of likely N-dealkylation sites (tertiary alicyclic amines) is 2. The van der Waals surface area contributed by atoms with E-state index in [1.54, 1.807) is 0 Å². The number of nitrogens with two attached hydrogens (primary N) is 1. The van der Waals surface area contributed by atoms with E-state index in [1.165, 1.54) is 51.7 Å². The summed E-state index contributed by atoms with van der Waals surface area (Å²) in [6.07, 6.45) is 6.95. The Hall–Kier alpha value is -0.120. The molecule has 0 amide bonds. The van der Waals surface area contributed by atoms with Crippen molar-refractivity contribution in [2.75, 3.05) is 19.6 Å². The summed E-state index contributed by atoms with van der Waals surface area (Å²) in [5, 5.41) is 0. The van der Waals surface area contributed by atoms with E-state index in [9.17, 15) is 0 Å². The number of rotatable bonds is 3. The Balaban J connectivity index is 1.58. The smallest absolute Gasteiger partial charge is 0.0238 e. The van der Waals surface area contributed by atoms with E-state index in [4.69, 9.17) is 5.73 Å². The lowest BCUT2D eigenvalue weighted by Crippen LogP contribution is -2.47. The van der Waals surface area contributed by atoms with Crippen molar-refractivity contribution in [2.45, 2.75) is 70.1 Å². The Morgan fingerprint density at radius 3 is 2.56 bits per heavy atom. The van der Waals surface area contributed by atoms with E-state index < -0.39 is 0 Å². The third kappa shape index (κ3) is 2.59. The molecule has 1 saturated carbocycles. The molecule has 3 heteroatoms. The molecule has 3 rings (SSSR count). The third-order valence-corrected chi connectivity index (χ3v) is 5.37. The molecule has 4 atom stereocenters. The van der Waals surface area contributed by atoms with Crippen LogP contribution in [0.4, 0.5) is 0 Å². The quantitative estimate of drug-likeness (QED) is 0.828. The van der Waals surface area contributed by atoms with E-state index in [0.29, 0.717) is 6.04 Å². The molecule has 2 saturated heterocycles. The minimum absolute atomic E-state index is 0.367. The molecule has 0 spiro atoms. The van der Waals surface area contributed by atoms with E-state index in [2.05, 4.69) is 23.6 Å². The molecule has 2 aliphatic heterocycles. The van der Waals surface area contributed by atoms with Crippen molar-refractivity contribution in [1.29, 1.82) is 0 Å². The average molecular weight is 251 g/mol. The highest BCUT2D eigenvalue weighted by Crippen LogP contribution is 2.35. The summed E-state index contributed by atoms with van der Waals surface area (Å²) < 4.78 is 0. The van der Waals surface area contributed by atoms with Gasteiger partial charge in [0.05, 0.1) is 0 Å². The summed E-state index contributed by atoms with van der Waals surface area (Å²) in [5.41, 5.74) is 6.10. The molecule has 0 aromatic heterocycles. The van der Waals surface area contributed by atoms with Crippen molar-refractivity contribution in [2.24, 2.45) is 11.7 Å². The topological polar surface area (TPSA) is 32.5 Å². The lowest BCUT2D eigenvalue weighted by atomic mass is 9.91. The van der Waals surface area contributed by atoms with Gasteiger partial charge in [-0.05, 0) is 58.4 Å². The van der Waals surface area contributed by atoms with Crippen LogP contribution in [0.5, 0.6) is 0 Å². The van der Waals surface area contributed by atoms with Crippen molar-refractivity contribution in [3.8, 4) is 0 Å². The first-order valence-electron chi connectivity index (χ1n) is 7.90. The van der Waals surface area contributed by atoms with Crippen molar-refractivity contribution in [1.82, 2.24) is 9.80 Å². The Kier molecular flexibility index (Phi) is 3.65. The number of hydrogen-bond acceptors (Lipinski definition) is 3. The van der Waals surface area contributed by atoms with Crippen molar-refractivity contribution in [3.63, 3.8) is 0 Å². The van der Waals surface area contributed by atoms with Crippen LogP contribution in [0.15, 0.2) is 0 Å². The zero-order chi connectivity index (χ0) is 12.7. The molecule has 3 fully saturated rings. The number of hydrogen-bond donors (Lipinski definition) is 1. The lowest BCUT2D eigenvalue weighted by molar-refractivity contribution is 0.114. The monoisotopic (exact) mass is 251 g/mol. The Labute approximate surface area is 112 Å². The summed E-state index contributed by atoms with van der Waals surface area (Å²) in [6.45, 7) is 8.47. The zero-order valence-electron chi connectivity index (χ0n) is 12.0. The molecular formula is C15H29N3. The fourth-order valence-electron chi connectivity index (χ4n) is 4.01. The van der Waals surface area contributed by atoms with E-state index in [0.717, 1.165) is 24.0 Å². The van der Waals surface area contributed by atoms with Gasteiger partial charge in [-0.25, -0.2) is 0 Å². The maximum Gasteiger partial charge on any atom is 0.0238 e. The van der Waals surface area contributed by atoms with Gasteiger partial charge in [0, 0.05) is 37.3 Å². The Morgan fingerprint density at radius 2 is 1.89 bits per heavy atom. The maximum absolute atomic E-state index is 6.10. The highest BCUT2D eigenvalue weighted by molar-refractivity contribution is 4.97. The van der Waals surface area contributed by atoms with Crippen molar-refractivity contribution in [3.05, 3.63) is 0 Å². The summed E-state index contributed by atoms with van der Waals surface area (Å²) in [7, 11) is 0. The minimum atomic E-state index is 0.367. The van der Waals surface area contributed by atoms with Gasteiger partial charge >= 0.3 is 0 Å². The molecule has 4 unspecified atom stereocenters. The van der Waals surface area contributed by atoms with Crippen molar-refractivity contribution >= 4 is 0 Å². The van der Waals surface area contributed by atoms with Crippen molar-refractivity contribution < 1.29 is 0 Å². The van der Waals surface area contributed by atoms with Gasteiger partial charge in [-0.3, -0.25) is 9.80 Å². The van der Waals surface area contributed by atoms with Crippen LogP contribution >= 0.6 is 0 Å². The highest BCUT2D eigenvalue weighted by atomic mass is 15.3. The molecule has 18 heavy (non-hydrogen) atoms. The summed E-state index contributed by atoms with van der Waals surface area (Å²) in [4.78, 5) is 5.51. The molecular weight excluding hydrogens is 222 g/mol. The summed E-state index contributed by atoms with van der Waals surface area (Å²) in [5.74, 6) is 0.726. The third-order valence-electron chi connectivity index (χ3n) is 5.37. The lowest BCUT2D eigenvalue weighted by Gasteiger charge is -2.38. The van der Waals surface area contributed by atoms with Gasteiger partial charge < -0.3 is 5.73 Å². The Morgan fingerprint density at radius 1 is 1.11 bits per heavy atom. The molecule has 0 aromatic rings. The largest absolute Gasteiger partial charge is 0.328 e. The number of piperidine rings is 1. The number of nitrogens with zero attached hydrogens (tertiary/aromatic N) is 2. The summed E-state index contributed by atoms with van der Waals surface area (Å²) >= 11 is 0. The van der Waals surface area contributed by atoms with Gasteiger partial charge in [-0.1, -0.05) is 0 Å². The van der Waals surface area contributed by atoms with Crippen LogP contribution in [0.3, 0.4) is 0 Å². The van der Waals surface area contributed by atoms with Gasteiger partial charge in [0.1, 0.15) is 0 Å². The Bertz CT molecular complexity index is 285. The molecule has 104 valence electrons. The van der Waals surface area contributed by atoms with Crippen LogP contribution in [0, 0.1) is 5.92 Å². The maximum atomic E-state index is 6.10. The first-order chi connectivity index (χ1) is 8.65. The normalized spacial score (nSPS) is 41.2. The molecule has 1 aliphatic carbocycles. The second kappa shape index (κ2) is 5.10. The minimum Gasteiger partial charge on any atom is -0.328 e. The molecule has 3 nitrogen and oxygen atoms in total. The van der Waals surface area contributed by atoms with Crippen LogP contribution in [0.1, 0.15) is 46.0 Å². The second-order valence-corrected chi connectivity index (χ2v) is 6.92. The predicted octanol–water partition coefficient (Wildman–Crippen LogP) is 1.67. The molecule has 0 bridgehead atoms. The molecule has 2 heterocycles. The van der Waals surface area contributed by atoms with Crippen LogP contribution < -0.4 is 5.73 Å². The van der Waals surface area contributed by atoms with E-state index in [-0.39, 0.29) is 0 Å². The molecule has 0 radical (unpaired) electrons. The SMILES string of the molecule is CC(N)C1CCCN(C2CC(C)N(C3CC3)C2)C1. The molecule has 0 aromatic carbocycles. The van der Waals surface area contributed by atoms with Crippen LogP contribution in [-0.2, 0) is 0 Å². The van der Waals surface area contributed by atoms with Gasteiger partial charge in [-0.15, -0.1) is 0 Å². The van der Waals surface area contributed by atoms with Gasteiger partial charge in [-0.2, -0.15) is 0 Å². The molecule has 3 aliphatic rings. The summed E-state index contributed by atoms with van der Waals surface area (Å²) in [6, 6.07) is 2.91. The van der Waals surface area contributed by atoms with Crippen LogP contribution in [0.25, 0.3) is 0 Å². The first-order valence-corrected chi connectivity index (χ1v) is 7.90. The second-order valence-electron chi connectivity index (χ2n) is 6.92. The van der Waals surface area contributed by atoms with Crippen LogP contribution in [0.2, 0.25) is 0 Å². The van der Waals surface area contributed by atoms with Gasteiger partial charge in [0.15, 0.2) is 0 Å².